The van der Waals surface area contributed by atoms with Crippen LogP contribution in [0.25, 0.3) is 0 Å². The smallest absolute Gasteiger partial charge is 0.246 e. The molecule has 4 aliphatic rings. The molecule has 2 saturated heterocycles. The summed E-state index contributed by atoms with van der Waals surface area (Å²) in [6.07, 6.45) is 2.49. The van der Waals surface area contributed by atoms with Crippen LogP contribution in [-0.2, 0) is 24.6 Å². The average molecular weight is 659 g/mol. The Bertz CT molecular complexity index is 2030. The zero-order chi connectivity index (χ0) is 33.3. The molecule has 0 radical (unpaired) electrons. The molecular formula is C39H31ClN2O6. The predicted molar refractivity (Wildman–Crippen MR) is 180 cm³/mol. The molecule has 2 aliphatic heterocycles. The van der Waals surface area contributed by atoms with Crippen molar-refractivity contribution < 1.29 is 29.0 Å². The van der Waals surface area contributed by atoms with E-state index in [4.69, 9.17) is 16.3 Å². The van der Waals surface area contributed by atoms with Gasteiger partial charge in [0.15, 0.2) is 0 Å². The van der Waals surface area contributed by atoms with Crippen molar-refractivity contribution >= 4 is 46.6 Å². The number of fused-ring (bicyclic) bond motifs is 4. The number of anilines is 2. The normalized spacial score (nSPS) is 27.8. The Labute approximate surface area is 282 Å². The minimum Gasteiger partial charge on any atom is -0.508 e. The number of aromatic hydroxyl groups is 1. The summed E-state index contributed by atoms with van der Waals surface area (Å²) in [5.41, 5.74) is 1.49. The van der Waals surface area contributed by atoms with Crippen LogP contribution < -0.4 is 14.5 Å². The van der Waals surface area contributed by atoms with Crippen LogP contribution in [0.2, 0.25) is 5.02 Å². The third kappa shape index (κ3) is 4.15. The molecule has 0 spiro atoms. The number of imide groups is 2. The molecule has 2 heterocycles. The number of halogens is 1. The van der Waals surface area contributed by atoms with Gasteiger partial charge in [-0.05, 0) is 60.7 Å². The standard InChI is InChI=1S/C39H31ClN2O6/c1-48-32-20-26(43)15-16-28(32)34-27-17-18-29-33(37(46)41(35(29)44)24-12-6-3-7-13-24)30(27)21-31-36(45)42(25-14-8-11-23(40)19-25)38(47)39(31,34)22-9-4-2-5-10-22/h2-17,19-20,29-31,33-34,43H,18,21H2,1H3/t29-,30+,31-,33-,34+,39+/m0/s1. The lowest BCUT2D eigenvalue weighted by molar-refractivity contribution is -0.127. The summed E-state index contributed by atoms with van der Waals surface area (Å²) < 4.78 is 5.83. The SMILES string of the molecule is COc1cc(O)ccc1[C@H]1C2=CC[C@@H]3C(=O)N(c4ccccc4)C(=O)[C@@H]3[C@@H]2C[C@H]2C(=O)N(c3cccc(Cl)c3)C(=O)[C@@]12c1ccccc1. The first-order valence-corrected chi connectivity index (χ1v) is 16.3. The molecule has 8 nitrogen and oxygen atoms in total. The van der Waals surface area contributed by atoms with Crippen molar-refractivity contribution in [3.05, 3.63) is 131 Å². The molecule has 3 fully saturated rings. The predicted octanol–water partition coefficient (Wildman–Crippen LogP) is 6.42. The van der Waals surface area contributed by atoms with Crippen molar-refractivity contribution in [1.82, 2.24) is 0 Å². The van der Waals surface area contributed by atoms with E-state index in [-0.39, 0.29) is 24.0 Å². The van der Waals surface area contributed by atoms with Crippen molar-refractivity contribution in [2.45, 2.75) is 24.2 Å². The molecule has 2 aliphatic carbocycles. The highest BCUT2D eigenvalue weighted by atomic mass is 35.5. The van der Waals surface area contributed by atoms with Crippen LogP contribution in [0.4, 0.5) is 11.4 Å². The number of phenols is 1. The summed E-state index contributed by atoms with van der Waals surface area (Å²) in [7, 11) is 1.49. The molecule has 8 rings (SSSR count). The average Bonchev–Trinajstić information content (AvgIpc) is 3.49. The summed E-state index contributed by atoms with van der Waals surface area (Å²) in [4.78, 5) is 60.9. The molecule has 4 amide bonds. The Morgan fingerprint density at radius 2 is 1.48 bits per heavy atom. The van der Waals surface area contributed by atoms with Gasteiger partial charge in [-0.25, -0.2) is 4.90 Å². The fraction of sp³-hybridized carbons (Fsp3) is 0.231. The number of methoxy groups -OCH3 is 1. The quantitative estimate of drug-likeness (QED) is 0.196. The fourth-order valence-electron chi connectivity index (χ4n) is 8.86. The molecular weight excluding hydrogens is 628 g/mol. The van der Waals surface area contributed by atoms with Gasteiger partial charge in [0.1, 0.15) is 11.5 Å². The van der Waals surface area contributed by atoms with Gasteiger partial charge in [0.2, 0.25) is 23.6 Å². The van der Waals surface area contributed by atoms with Crippen LogP contribution in [-0.4, -0.2) is 35.8 Å². The second-order valence-electron chi connectivity index (χ2n) is 12.9. The first kappa shape index (κ1) is 30.1. The van der Waals surface area contributed by atoms with Crippen molar-refractivity contribution in [2.75, 3.05) is 16.9 Å². The van der Waals surface area contributed by atoms with Crippen LogP contribution in [0, 0.1) is 23.7 Å². The number of ether oxygens (including phenoxy) is 1. The molecule has 4 aromatic carbocycles. The molecule has 0 unspecified atom stereocenters. The molecule has 0 bridgehead atoms. The van der Waals surface area contributed by atoms with E-state index in [1.807, 2.05) is 42.5 Å². The van der Waals surface area contributed by atoms with E-state index in [9.17, 15) is 19.5 Å². The third-order valence-electron chi connectivity index (χ3n) is 10.7. The van der Waals surface area contributed by atoms with Crippen molar-refractivity contribution in [3.63, 3.8) is 0 Å². The van der Waals surface area contributed by atoms with Gasteiger partial charge in [-0.15, -0.1) is 0 Å². The van der Waals surface area contributed by atoms with E-state index in [2.05, 4.69) is 0 Å². The zero-order valence-corrected chi connectivity index (χ0v) is 26.7. The van der Waals surface area contributed by atoms with Crippen LogP contribution >= 0.6 is 11.6 Å². The van der Waals surface area contributed by atoms with Crippen LogP contribution in [0.5, 0.6) is 11.5 Å². The Morgan fingerprint density at radius 1 is 0.771 bits per heavy atom. The minimum absolute atomic E-state index is 0.0181. The highest BCUT2D eigenvalue weighted by Gasteiger charge is 2.70. The number of para-hydroxylation sites is 1. The van der Waals surface area contributed by atoms with Crippen LogP contribution in [0.3, 0.4) is 0 Å². The van der Waals surface area contributed by atoms with Crippen molar-refractivity contribution in [1.29, 1.82) is 0 Å². The first-order chi connectivity index (χ1) is 23.3. The number of nitrogens with zero attached hydrogens (tertiary/aromatic N) is 2. The fourth-order valence-corrected chi connectivity index (χ4v) is 9.04. The lowest BCUT2D eigenvalue weighted by atomic mass is 9.49. The van der Waals surface area contributed by atoms with Gasteiger partial charge in [0.05, 0.1) is 41.7 Å². The van der Waals surface area contributed by atoms with Gasteiger partial charge >= 0.3 is 0 Å². The summed E-state index contributed by atoms with van der Waals surface area (Å²) in [5, 5.41) is 10.9. The van der Waals surface area contributed by atoms with E-state index in [1.165, 1.54) is 23.0 Å². The first-order valence-electron chi connectivity index (χ1n) is 16.0. The Hall–Kier alpha value is -5.21. The van der Waals surface area contributed by atoms with Gasteiger partial charge in [-0.1, -0.05) is 83.9 Å². The number of hydrogen-bond donors (Lipinski definition) is 1. The zero-order valence-electron chi connectivity index (χ0n) is 26.0. The Balaban J connectivity index is 1.38. The number of carbonyl (C=O) groups excluding carboxylic acids is 4. The lowest BCUT2D eigenvalue weighted by Crippen LogP contribution is -2.53. The summed E-state index contributed by atoms with van der Waals surface area (Å²) in [6, 6.07) is 29.6. The molecule has 4 aromatic rings. The molecule has 48 heavy (non-hydrogen) atoms. The number of carbonyl (C=O) groups is 4. The number of allylic oxidation sites excluding steroid dienone is 2. The largest absolute Gasteiger partial charge is 0.508 e. The molecule has 6 atom stereocenters. The van der Waals surface area contributed by atoms with Crippen LogP contribution in [0.15, 0.2) is 115 Å². The van der Waals surface area contributed by atoms with E-state index in [0.29, 0.717) is 39.7 Å². The second-order valence-corrected chi connectivity index (χ2v) is 13.3. The number of benzene rings is 4. The van der Waals surface area contributed by atoms with Crippen molar-refractivity contribution in [3.8, 4) is 11.5 Å². The van der Waals surface area contributed by atoms with Gasteiger partial charge in [-0.3, -0.25) is 24.1 Å². The molecule has 1 N–H and O–H groups in total. The number of phenolic OH excluding ortho intramolecular Hbond substituents is 1. The van der Waals surface area contributed by atoms with Gasteiger partial charge in [-0.2, -0.15) is 0 Å². The molecule has 0 aromatic heterocycles. The maximum absolute atomic E-state index is 15.3. The summed E-state index contributed by atoms with van der Waals surface area (Å²) in [5.74, 6) is -4.56. The van der Waals surface area contributed by atoms with Gasteiger partial charge in [0.25, 0.3) is 0 Å². The third-order valence-corrected chi connectivity index (χ3v) is 10.9. The van der Waals surface area contributed by atoms with Crippen molar-refractivity contribution in [2.24, 2.45) is 23.7 Å². The maximum Gasteiger partial charge on any atom is 0.246 e. The molecule has 240 valence electrons. The van der Waals surface area contributed by atoms with Gasteiger partial charge < -0.3 is 9.84 Å². The maximum atomic E-state index is 15.3. The number of rotatable bonds is 5. The van der Waals surface area contributed by atoms with E-state index >= 15 is 4.79 Å². The summed E-state index contributed by atoms with van der Waals surface area (Å²) in [6.45, 7) is 0. The van der Waals surface area contributed by atoms with E-state index in [1.54, 1.807) is 60.7 Å². The second kappa shape index (κ2) is 11.2. The highest BCUT2D eigenvalue weighted by molar-refractivity contribution is 6.32. The number of amides is 4. The van der Waals surface area contributed by atoms with E-state index in [0.717, 1.165) is 5.57 Å². The highest BCUT2D eigenvalue weighted by Crippen LogP contribution is 2.65. The topological polar surface area (TPSA) is 104 Å². The number of hydrogen-bond acceptors (Lipinski definition) is 6. The lowest BCUT2D eigenvalue weighted by Gasteiger charge is -2.51. The summed E-state index contributed by atoms with van der Waals surface area (Å²) >= 11 is 6.38. The Kier molecular flexibility index (Phi) is 7.03. The van der Waals surface area contributed by atoms with Gasteiger partial charge in [0, 0.05) is 22.6 Å². The van der Waals surface area contributed by atoms with E-state index < -0.39 is 46.8 Å². The minimum atomic E-state index is -1.44. The molecule has 9 heteroatoms. The van der Waals surface area contributed by atoms with Crippen LogP contribution in [0.1, 0.15) is 29.9 Å². The Morgan fingerprint density at radius 3 is 2.19 bits per heavy atom. The monoisotopic (exact) mass is 658 g/mol. The molecule has 1 saturated carbocycles.